The van der Waals surface area contributed by atoms with Crippen LogP contribution in [0.15, 0.2) is 0 Å². The van der Waals surface area contributed by atoms with Crippen molar-refractivity contribution in [3.05, 3.63) is 0 Å². The molecular weight excluding hydrogens is 188 g/mol. The van der Waals surface area contributed by atoms with Gasteiger partial charge in [-0.2, -0.15) is 0 Å². The first-order valence-corrected chi connectivity index (χ1v) is 6.76. The molecule has 13 heavy (non-hydrogen) atoms. The molecule has 76 valence electrons. The van der Waals surface area contributed by atoms with Gasteiger partial charge >= 0.3 is 8.80 Å². The molecular formula is C8H16O4Si. The number of hydrogen-bond acceptors (Lipinski definition) is 4. The number of rotatable bonds is 6. The summed E-state index contributed by atoms with van der Waals surface area (Å²) in [6, 6.07) is 0.334. The summed E-state index contributed by atoms with van der Waals surface area (Å²) in [4.78, 5) is 12.9. The predicted octanol–water partition coefficient (Wildman–Crippen LogP) is -0.140. The maximum atomic E-state index is 6.83. The van der Waals surface area contributed by atoms with Gasteiger partial charge in [0.25, 0.3) is 0 Å². The van der Waals surface area contributed by atoms with Gasteiger partial charge in [0.05, 0.1) is 12.2 Å². The Kier molecular flexibility index (Phi) is 1.67. The van der Waals surface area contributed by atoms with Crippen molar-refractivity contribution in [2.45, 2.75) is 43.9 Å². The van der Waals surface area contributed by atoms with Crippen LogP contribution in [0.5, 0.6) is 0 Å². The van der Waals surface area contributed by atoms with E-state index in [1.54, 1.807) is 0 Å². The highest BCUT2D eigenvalue weighted by Crippen LogP contribution is 2.42. The van der Waals surface area contributed by atoms with Crippen LogP contribution in [-0.2, 0) is 4.74 Å². The van der Waals surface area contributed by atoms with Gasteiger partial charge in [-0.3, -0.25) is 0 Å². The Balaban J connectivity index is 1.81. The molecule has 3 N–H and O–H groups in total. The van der Waals surface area contributed by atoms with E-state index in [1.807, 2.05) is 0 Å². The van der Waals surface area contributed by atoms with Gasteiger partial charge in [0.2, 0.25) is 0 Å². The average Bonchev–Trinajstić information content (AvgIpc) is 3.11. The Hall–Kier alpha value is 0.0569. The molecule has 1 heterocycles. The molecule has 0 spiro atoms. The van der Waals surface area contributed by atoms with Gasteiger partial charge in [-0.1, -0.05) is 6.42 Å². The molecule has 3 atom stereocenters. The average molecular weight is 210 g/mol. The Morgan fingerprint density at radius 1 is 1.38 bits per heavy atom. The monoisotopic (exact) mass is 210 g/mol. The molecule has 0 aromatic heterocycles. The van der Waals surface area contributed by atoms with Crippen molar-refractivity contribution in [3.8, 4) is 0 Å². The summed E-state index contributed by atoms with van der Waals surface area (Å²) in [5, 5.41) is 0. The first-order chi connectivity index (χ1) is 7.74. The lowest BCUT2D eigenvalue weighted by Gasteiger charge is -2.19. The largest absolute Gasteiger partial charge is 0.492 e. The van der Waals surface area contributed by atoms with E-state index >= 15 is 0 Å². The Morgan fingerprint density at radius 2 is 2.23 bits per heavy atom. The summed E-state index contributed by atoms with van der Waals surface area (Å²) in [5.74, 6) is 0.436. The number of ether oxygens (including phenoxy) is 1. The quantitative estimate of drug-likeness (QED) is 0.421. The van der Waals surface area contributed by atoms with Crippen LogP contribution >= 0.6 is 0 Å². The zero-order valence-electron chi connectivity index (χ0n) is 10.4. The van der Waals surface area contributed by atoms with Gasteiger partial charge in [0, 0.05) is 6.04 Å². The molecule has 1 aliphatic carbocycles. The van der Waals surface area contributed by atoms with Gasteiger partial charge in [-0.15, -0.1) is 0 Å². The summed E-state index contributed by atoms with van der Waals surface area (Å²) in [5.41, 5.74) is 0. The summed E-state index contributed by atoms with van der Waals surface area (Å²) in [6.07, 6.45) is 4.89. The lowest BCUT2D eigenvalue weighted by Crippen LogP contribution is -2.35. The van der Waals surface area contributed by atoms with Crippen LogP contribution < -0.4 is 0 Å². The molecule has 0 radical (unpaired) electrons. The van der Waals surface area contributed by atoms with Crippen molar-refractivity contribution in [2.24, 2.45) is 5.92 Å². The fourth-order valence-corrected chi connectivity index (χ4v) is 2.94. The van der Waals surface area contributed by atoms with Crippen molar-refractivity contribution in [1.82, 2.24) is 0 Å². The maximum Gasteiger partial charge on any atom is 0.492 e. The SMILES string of the molecule is [3H]O[Si](CCC1CCCC2OC12)(O[3H])O[3H]. The standard InChI is InChI=1S/C8H16O4Si/c9-13(10,11)5-4-6-2-1-3-7-8(6)12-7/h6-11H,1-5H2/i9T,10T,11T. The van der Waals surface area contributed by atoms with Crippen molar-refractivity contribution in [2.75, 3.05) is 0 Å². The van der Waals surface area contributed by atoms with Crippen LogP contribution in [0.4, 0.5) is 0 Å². The second-order valence-electron chi connectivity index (χ2n) is 4.05. The Labute approximate surface area is 83.0 Å². The normalized spacial score (nSPS) is 41.5. The van der Waals surface area contributed by atoms with Crippen LogP contribution in [-0.4, -0.2) is 39.7 Å². The second kappa shape index (κ2) is 3.32. The zero-order chi connectivity index (χ0) is 11.6. The lowest BCUT2D eigenvalue weighted by atomic mass is 9.87. The van der Waals surface area contributed by atoms with Crippen LogP contribution in [0.2, 0.25) is 6.04 Å². The van der Waals surface area contributed by atoms with E-state index in [0.717, 1.165) is 25.7 Å². The molecule has 1 saturated heterocycles. The zero-order valence-corrected chi connectivity index (χ0v) is 8.40. The molecule has 2 rings (SSSR count). The highest BCUT2D eigenvalue weighted by molar-refractivity contribution is 6.56. The minimum atomic E-state index is -3.37. The second-order valence-corrected chi connectivity index (χ2v) is 5.92. The first kappa shape index (κ1) is 6.52. The van der Waals surface area contributed by atoms with Crippen LogP contribution in [0.3, 0.4) is 0 Å². The molecule has 1 saturated carbocycles. The van der Waals surface area contributed by atoms with E-state index < -0.39 is 8.80 Å². The van der Waals surface area contributed by atoms with Crippen LogP contribution in [0.1, 0.15) is 25.7 Å². The highest BCUT2D eigenvalue weighted by atomic mass is 28.4. The minimum Gasteiger partial charge on any atom is -0.390 e. The van der Waals surface area contributed by atoms with Crippen molar-refractivity contribution < 1.29 is 19.1 Å². The highest BCUT2D eigenvalue weighted by Gasteiger charge is 2.47. The third kappa shape index (κ3) is 2.51. The summed E-state index contributed by atoms with van der Waals surface area (Å²) >= 11 is 0. The van der Waals surface area contributed by atoms with E-state index in [9.17, 15) is 0 Å². The van der Waals surface area contributed by atoms with E-state index in [0.29, 0.717) is 24.2 Å². The lowest BCUT2D eigenvalue weighted by molar-refractivity contribution is 0.217. The number of hydrogen-bond donors (Lipinski definition) is 3. The van der Waals surface area contributed by atoms with Crippen molar-refractivity contribution in [1.29, 1.82) is 4.29 Å². The Morgan fingerprint density at radius 3 is 3.00 bits per heavy atom. The van der Waals surface area contributed by atoms with Crippen molar-refractivity contribution in [3.63, 3.8) is 0 Å². The molecule has 0 aromatic rings. The van der Waals surface area contributed by atoms with E-state index in [1.165, 1.54) is 0 Å². The molecule has 5 heteroatoms. The third-order valence-corrected chi connectivity index (χ3v) is 3.87. The van der Waals surface area contributed by atoms with E-state index in [4.69, 9.17) is 9.03 Å². The fourth-order valence-electron chi connectivity index (χ4n) is 2.22. The van der Waals surface area contributed by atoms with Crippen LogP contribution in [0.25, 0.3) is 0 Å². The molecule has 4 nitrogen and oxygen atoms in total. The van der Waals surface area contributed by atoms with Crippen LogP contribution in [0, 0.1) is 5.92 Å². The Bertz CT molecular complexity index is 233. The fraction of sp³-hybridized carbons (Fsp3) is 1.00. The molecule has 3 unspecified atom stereocenters. The molecule has 2 aliphatic rings. The molecule has 0 bridgehead atoms. The van der Waals surface area contributed by atoms with Gasteiger partial charge < -0.3 is 19.1 Å². The maximum absolute atomic E-state index is 6.83. The first-order valence-electron chi connectivity index (χ1n) is 6.05. The number of fused-ring (bicyclic) bond motifs is 1. The smallest absolute Gasteiger partial charge is 0.390 e. The topological polar surface area (TPSA) is 73.2 Å². The molecule has 2 fully saturated rings. The van der Waals surface area contributed by atoms with Crippen molar-refractivity contribution >= 4 is 8.80 Å². The molecule has 0 amide bonds. The molecule has 1 aliphatic heterocycles. The van der Waals surface area contributed by atoms with E-state index in [-0.39, 0.29) is 0 Å². The minimum absolute atomic E-state index is 0.334. The molecule has 0 aromatic carbocycles. The van der Waals surface area contributed by atoms with Gasteiger partial charge in [0.1, 0.15) is 0 Å². The number of epoxide rings is 1. The van der Waals surface area contributed by atoms with Gasteiger partial charge in [-0.25, -0.2) is 0 Å². The summed E-state index contributed by atoms with van der Waals surface area (Å²) < 4.78 is 26.0. The summed E-state index contributed by atoms with van der Waals surface area (Å²) in [6.45, 7) is 0. The van der Waals surface area contributed by atoms with Gasteiger partial charge in [0.15, 0.2) is 4.29 Å². The predicted molar refractivity (Wildman–Crippen MR) is 47.8 cm³/mol. The van der Waals surface area contributed by atoms with E-state index in [2.05, 4.69) is 14.4 Å². The van der Waals surface area contributed by atoms with Gasteiger partial charge in [-0.05, 0) is 25.2 Å². The summed E-state index contributed by atoms with van der Waals surface area (Å²) in [7, 11) is -3.37. The third-order valence-electron chi connectivity index (χ3n) is 2.97.